The first kappa shape index (κ1) is 19.8. The minimum absolute atomic E-state index is 0.250. The molecule has 3 nitrogen and oxygen atoms in total. The summed E-state index contributed by atoms with van der Waals surface area (Å²) in [7, 11) is 0. The summed E-state index contributed by atoms with van der Waals surface area (Å²) >= 11 is 0. The lowest BCUT2D eigenvalue weighted by Crippen LogP contribution is -2.13. The molecule has 0 aliphatic carbocycles. The molecule has 0 aliphatic rings. The van der Waals surface area contributed by atoms with Gasteiger partial charge in [0, 0.05) is 16.6 Å². The SMILES string of the molecule is Cc1ccc2nc(-c3ccc(C(C)C)cc3)cc(C(=O)Nc3ccc(F)cc3)c2c1. The number of nitrogens with zero attached hydrogens (tertiary/aromatic N) is 1. The van der Waals surface area contributed by atoms with Crippen molar-refractivity contribution >= 4 is 22.5 Å². The molecule has 1 N–H and O–H groups in total. The summed E-state index contributed by atoms with van der Waals surface area (Å²) in [6.07, 6.45) is 0. The fraction of sp³-hybridized carbons (Fsp3) is 0.154. The number of nitrogens with one attached hydrogen (secondary N) is 1. The molecular weight excluding hydrogens is 375 g/mol. The van der Waals surface area contributed by atoms with Gasteiger partial charge in [-0.1, -0.05) is 49.7 Å². The first-order valence-corrected chi connectivity index (χ1v) is 9.99. The Morgan fingerprint density at radius 2 is 1.63 bits per heavy atom. The summed E-state index contributed by atoms with van der Waals surface area (Å²) in [6.45, 7) is 6.30. The van der Waals surface area contributed by atoms with Crippen molar-refractivity contribution in [2.75, 3.05) is 5.32 Å². The number of rotatable bonds is 4. The molecule has 0 saturated heterocycles. The van der Waals surface area contributed by atoms with Gasteiger partial charge in [-0.05, 0) is 60.9 Å². The number of pyridine rings is 1. The van der Waals surface area contributed by atoms with E-state index in [2.05, 4.69) is 31.3 Å². The standard InChI is InChI=1S/C26H23FN2O/c1-16(2)18-5-7-19(8-6-18)25-15-23(22-14-17(3)4-13-24(22)29-25)26(30)28-21-11-9-20(27)10-12-21/h4-16H,1-3H3,(H,28,30). The van der Waals surface area contributed by atoms with Crippen LogP contribution in [0.2, 0.25) is 0 Å². The second-order valence-corrected chi connectivity index (χ2v) is 7.81. The van der Waals surface area contributed by atoms with Crippen LogP contribution in [0.1, 0.15) is 41.3 Å². The van der Waals surface area contributed by atoms with E-state index in [-0.39, 0.29) is 11.7 Å². The number of aryl methyl sites for hydroxylation is 1. The molecule has 4 aromatic rings. The monoisotopic (exact) mass is 398 g/mol. The third kappa shape index (κ3) is 4.08. The number of halogens is 1. The Bertz CT molecular complexity index is 1210. The summed E-state index contributed by atoms with van der Waals surface area (Å²) in [6, 6.07) is 21.7. The molecular formula is C26H23FN2O. The fourth-order valence-corrected chi connectivity index (χ4v) is 3.45. The van der Waals surface area contributed by atoms with Crippen LogP contribution in [0, 0.1) is 12.7 Å². The summed E-state index contributed by atoms with van der Waals surface area (Å²) in [5, 5.41) is 3.66. The fourth-order valence-electron chi connectivity index (χ4n) is 3.45. The van der Waals surface area contributed by atoms with Gasteiger partial charge in [-0.3, -0.25) is 4.79 Å². The first-order valence-electron chi connectivity index (χ1n) is 9.99. The minimum Gasteiger partial charge on any atom is -0.322 e. The van der Waals surface area contributed by atoms with E-state index in [4.69, 9.17) is 4.98 Å². The van der Waals surface area contributed by atoms with Crippen molar-refractivity contribution < 1.29 is 9.18 Å². The second kappa shape index (κ2) is 8.07. The molecule has 4 heteroatoms. The molecule has 1 amide bonds. The Balaban J connectivity index is 1.79. The quantitative estimate of drug-likeness (QED) is 0.414. The molecule has 1 heterocycles. The predicted octanol–water partition coefficient (Wildman–Crippen LogP) is 6.73. The van der Waals surface area contributed by atoms with Crippen molar-refractivity contribution in [3.05, 3.63) is 95.3 Å². The van der Waals surface area contributed by atoms with E-state index in [0.29, 0.717) is 17.2 Å². The van der Waals surface area contributed by atoms with Gasteiger partial charge in [-0.15, -0.1) is 0 Å². The molecule has 0 atom stereocenters. The lowest BCUT2D eigenvalue weighted by atomic mass is 9.98. The third-order valence-electron chi connectivity index (χ3n) is 5.18. The number of anilines is 1. The highest BCUT2D eigenvalue weighted by Crippen LogP contribution is 2.28. The van der Waals surface area contributed by atoms with Gasteiger partial charge in [0.15, 0.2) is 0 Å². The van der Waals surface area contributed by atoms with Crippen LogP contribution in [-0.2, 0) is 0 Å². The average molecular weight is 398 g/mol. The third-order valence-corrected chi connectivity index (χ3v) is 5.18. The summed E-state index contributed by atoms with van der Waals surface area (Å²) in [4.78, 5) is 17.9. The summed E-state index contributed by atoms with van der Waals surface area (Å²) < 4.78 is 13.2. The Hall–Kier alpha value is -3.53. The van der Waals surface area contributed by atoms with Crippen LogP contribution in [0.5, 0.6) is 0 Å². The molecule has 0 radical (unpaired) electrons. The van der Waals surface area contributed by atoms with E-state index in [0.717, 1.165) is 27.7 Å². The Morgan fingerprint density at radius 3 is 2.30 bits per heavy atom. The van der Waals surface area contributed by atoms with Crippen LogP contribution >= 0.6 is 0 Å². The molecule has 1 aromatic heterocycles. The van der Waals surface area contributed by atoms with E-state index < -0.39 is 0 Å². The highest BCUT2D eigenvalue weighted by atomic mass is 19.1. The number of fused-ring (bicyclic) bond motifs is 1. The Kier molecular flexibility index (Phi) is 5.32. The van der Waals surface area contributed by atoms with Gasteiger partial charge in [-0.25, -0.2) is 9.37 Å². The number of amides is 1. The van der Waals surface area contributed by atoms with Gasteiger partial charge >= 0.3 is 0 Å². The van der Waals surface area contributed by atoms with E-state index in [1.807, 2.05) is 43.3 Å². The van der Waals surface area contributed by atoms with Crippen LogP contribution in [-0.4, -0.2) is 10.9 Å². The lowest BCUT2D eigenvalue weighted by Gasteiger charge is -2.12. The number of benzene rings is 3. The molecule has 0 spiro atoms. The smallest absolute Gasteiger partial charge is 0.256 e. The van der Waals surface area contributed by atoms with Gasteiger partial charge in [0.25, 0.3) is 5.91 Å². The van der Waals surface area contributed by atoms with Gasteiger partial charge in [-0.2, -0.15) is 0 Å². The Labute approximate surface area is 175 Å². The summed E-state index contributed by atoms with van der Waals surface area (Å²) in [5.74, 6) is -0.145. The number of hydrogen-bond acceptors (Lipinski definition) is 2. The number of carbonyl (C=O) groups excluding carboxylic acids is 1. The van der Waals surface area contributed by atoms with Crippen molar-refractivity contribution in [1.82, 2.24) is 4.98 Å². The molecule has 30 heavy (non-hydrogen) atoms. The Morgan fingerprint density at radius 1 is 0.933 bits per heavy atom. The highest BCUT2D eigenvalue weighted by Gasteiger charge is 2.15. The minimum atomic E-state index is -0.342. The van der Waals surface area contributed by atoms with Crippen molar-refractivity contribution in [3.8, 4) is 11.3 Å². The maximum absolute atomic E-state index is 13.2. The van der Waals surface area contributed by atoms with Gasteiger partial charge in [0.2, 0.25) is 0 Å². The maximum Gasteiger partial charge on any atom is 0.256 e. The van der Waals surface area contributed by atoms with Gasteiger partial charge < -0.3 is 5.32 Å². The topological polar surface area (TPSA) is 42.0 Å². The maximum atomic E-state index is 13.2. The van der Waals surface area contributed by atoms with Gasteiger partial charge in [0.1, 0.15) is 5.82 Å². The molecule has 0 unspecified atom stereocenters. The van der Waals surface area contributed by atoms with Crippen LogP contribution in [0.3, 0.4) is 0 Å². The predicted molar refractivity (Wildman–Crippen MR) is 120 cm³/mol. The van der Waals surface area contributed by atoms with Gasteiger partial charge in [0.05, 0.1) is 16.8 Å². The zero-order valence-electron chi connectivity index (χ0n) is 17.2. The number of carbonyl (C=O) groups is 1. The zero-order chi connectivity index (χ0) is 21.3. The molecule has 0 fully saturated rings. The largest absolute Gasteiger partial charge is 0.322 e. The normalized spacial score (nSPS) is 11.1. The number of aromatic nitrogens is 1. The van der Waals surface area contributed by atoms with Crippen molar-refractivity contribution in [2.45, 2.75) is 26.7 Å². The van der Waals surface area contributed by atoms with E-state index in [1.165, 1.54) is 17.7 Å². The van der Waals surface area contributed by atoms with Crippen molar-refractivity contribution in [2.24, 2.45) is 0 Å². The molecule has 0 saturated carbocycles. The second-order valence-electron chi connectivity index (χ2n) is 7.81. The van der Waals surface area contributed by atoms with E-state index >= 15 is 0 Å². The van der Waals surface area contributed by atoms with Crippen LogP contribution in [0.25, 0.3) is 22.2 Å². The molecule has 0 aliphatic heterocycles. The van der Waals surface area contributed by atoms with Crippen LogP contribution < -0.4 is 5.32 Å². The van der Waals surface area contributed by atoms with Crippen molar-refractivity contribution in [1.29, 1.82) is 0 Å². The molecule has 0 bridgehead atoms. The van der Waals surface area contributed by atoms with Crippen LogP contribution in [0.15, 0.2) is 72.8 Å². The van der Waals surface area contributed by atoms with E-state index in [1.54, 1.807) is 12.1 Å². The highest BCUT2D eigenvalue weighted by molar-refractivity contribution is 6.13. The molecule has 4 rings (SSSR count). The molecule has 150 valence electrons. The van der Waals surface area contributed by atoms with E-state index in [9.17, 15) is 9.18 Å². The first-order chi connectivity index (χ1) is 14.4. The average Bonchev–Trinajstić information content (AvgIpc) is 2.74. The lowest BCUT2D eigenvalue weighted by molar-refractivity contribution is 0.102. The summed E-state index contributed by atoms with van der Waals surface area (Å²) in [5.41, 5.74) is 5.84. The van der Waals surface area contributed by atoms with Crippen molar-refractivity contribution in [3.63, 3.8) is 0 Å². The number of hydrogen-bond donors (Lipinski definition) is 1. The zero-order valence-corrected chi connectivity index (χ0v) is 17.2. The van der Waals surface area contributed by atoms with Crippen LogP contribution in [0.4, 0.5) is 10.1 Å². The molecule has 3 aromatic carbocycles.